The lowest BCUT2D eigenvalue weighted by molar-refractivity contribution is 0.572. The molecule has 0 aliphatic rings. The van der Waals surface area contributed by atoms with Crippen LogP contribution < -0.4 is 10.6 Å². The van der Waals surface area contributed by atoms with E-state index in [1.54, 1.807) is 6.26 Å². The first-order valence-electron chi connectivity index (χ1n) is 10.0. The van der Waals surface area contributed by atoms with E-state index in [-0.39, 0.29) is 5.82 Å². The predicted octanol–water partition coefficient (Wildman–Crippen LogP) is 4.26. The highest BCUT2D eigenvalue weighted by molar-refractivity contribution is 5.83. The summed E-state index contributed by atoms with van der Waals surface area (Å²) >= 11 is 0. The molecular weight excluding hydrogens is 381 g/mol. The monoisotopic (exact) mass is 405 g/mol. The molecule has 0 saturated heterocycles. The van der Waals surface area contributed by atoms with Gasteiger partial charge in [0.25, 0.3) is 0 Å². The van der Waals surface area contributed by atoms with E-state index in [0.29, 0.717) is 24.9 Å². The van der Waals surface area contributed by atoms with Gasteiger partial charge in [-0.05, 0) is 49.2 Å². The minimum Gasteiger partial charge on any atom is -0.444 e. The van der Waals surface area contributed by atoms with Crippen molar-refractivity contribution >= 4 is 16.9 Å². The molecule has 0 saturated carbocycles. The van der Waals surface area contributed by atoms with Gasteiger partial charge in [-0.25, -0.2) is 14.4 Å². The van der Waals surface area contributed by atoms with Gasteiger partial charge in [0, 0.05) is 35.8 Å². The minimum absolute atomic E-state index is 0.237. The molecule has 0 fully saturated rings. The van der Waals surface area contributed by atoms with E-state index in [2.05, 4.69) is 25.6 Å². The highest BCUT2D eigenvalue weighted by atomic mass is 19.1. The number of nitrogens with one attached hydrogen (secondary N) is 3. The van der Waals surface area contributed by atoms with Crippen molar-refractivity contribution in [2.45, 2.75) is 19.9 Å². The first kappa shape index (κ1) is 19.7. The molecule has 0 amide bonds. The molecular formula is C23H24FN5O. The number of oxazole rings is 1. The quantitative estimate of drug-likeness (QED) is 0.317. The zero-order valence-electron chi connectivity index (χ0n) is 16.8. The Morgan fingerprint density at radius 1 is 1.17 bits per heavy atom. The summed E-state index contributed by atoms with van der Waals surface area (Å²) in [4.78, 5) is 12.2. The van der Waals surface area contributed by atoms with Gasteiger partial charge in [0.2, 0.25) is 5.89 Å². The first-order valence-corrected chi connectivity index (χ1v) is 10.0. The predicted molar refractivity (Wildman–Crippen MR) is 117 cm³/mol. The van der Waals surface area contributed by atoms with E-state index in [1.165, 1.54) is 12.1 Å². The number of aromatic amines is 1. The Hall–Kier alpha value is -3.61. The van der Waals surface area contributed by atoms with Crippen molar-refractivity contribution < 1.29 is 8.81 Å². The molecule has 0 atom stereocenters. The lowest BCUT2D eigenvalue weighted by atomic mass is 10.1. The molecule has 0 bridgehead atoms. The van der Waals surface area contributed by atoms with Crippen LogP contribution in [0.25, 0.3) is 22.4 Å². The Morgan fingerprint density at radius 2 is 2.03 bits per heavy atom. The number of halogens is 1. The van der Waals surface area contributed by atoms with Crippen LogP contribution in [0, 0.1) is 5.82 Å². The SMILES string of the molecule is CCNC(=NCc1coc(-c2ccccc2)n1)NCCc1c[nH]c2cc(F)ccc12. The summed E-state index contributed by atoms with van der Waals surface area (Å²) in [6, 6.07) is 14.6. The number of nitrogens with zero attached hydrogens (tertiary/aromatic N) is 2. The number of hydrogen-bond donors (Lipinski definition) is 3. The lowest BCUT2D eigenvalue weighted by Gasteiger charge is -2.10. The van der Waals surface area contributed by atoms with Gasteiger partial charge in [0.1, 0.15) is 17.8 Å². The minimum atomic E-state index is -0.237. The van der Waals surface area contributed by atoms with E-state index >= 15 is 0 Å². The number of fused-ring (bicyclic) bond motifs is 1. The Labute approximate surface area is 174 Å². The molecule has 30 heavy (non-hydrogen) atoms. The Morgan fingerprint density at radius 3 is 2.87 bits per heavy atom. The third kappa shape index (κ3) is 4.68. The molecule has 0 aliphatic carbocycles. The molecule has 0 aliphatic heterocycles. The average molecular weight is 405 g/mol. The summed E-state index contributed by atoms with van der Waals surface area (Å²) in [5.74, 6) is 1.07. The van der Waals surface area contributed by atoms with Gasteiger partial charge in [-0.15, -0.1) is 0 Å². The van der Waals surface area contributed by atoms with Gasteiger partial charge < -0.3 is 20.0 Å². The van der Waals surface area contributed by atoms with Crippen LogP contribution in [-0.4, -0.2) is 29.0 Å². The Bertz CT molecular complexity index is 1130. The molecule has 0 unspecified atom stereocenters. The van der Waals surface area contributed by atoms with Gasteiger partial charge in [0.05, 0.1) is 6.54 Å². The van der Waals surface area contributed by atoms with E-state index < -0.39 is 0 Å². The molecule has 0 spiro atoms. The van der Waals surface area contributed by atoms with Crippen molar-refractivity contribution in [2.75, 3.05) is 13.1 Å². The summed E-state index contributed by atoms with van der Waals surface area (Å²) in [6.45, 7) is 3.89. The van der Waals surface area contributed by atoms with Gasteiger partial charge in [-0.1, -0.05) is 18.2 Å². The first-order chi connectivity index (χ1) is 14.7. The van der Waals surface area contributed by atoms with Gasteiger partial charge >= 0.3 is 0 Å². The normalized spacial score (nSPS) is 11.7. The Kier molecular flexibility index (Phi) is 6.08. The number of aromatic nitrogens is 2. The maximum Gasteiger partial charge on any atom is 0.226 e. The molecule has 154 valence electrons. The van der Waals surface area contributed by atoms with Crippen LogP contribution >= 0.6 is 0 Å². The topological polar surface area (TPSA) is 78.2 Å². The number of benzene rings is 2. The highest BCUT2D eigenvalue weighted by Crippen LogP contribution is 2.20. The van der Waals surface area contributed by atoms with Crippen molar-refractivity contribution in [1.29, 1.82) is 0 Å². The second-order valence-corrected chi connectivity index (χ2v) is 6.89. The summed E-state index contributed by atoms with van der Waals surface area (Å²) in [7, 11) is 0. The maximum atomic E-state index is 13.3. The average Bonchev–Trinajstić information content (AvgIpc) is 3.40. The molecule has 2 aromatic heterocycles. The fourth-order valence-corrected chi connectivity index (χ4v) is 3.28. The highest BCUT2D eigenvalue weighted by Gasteiger charge is 2.07. The van der Waals surface area contributed by atoms with E-state index in [0.717, 1.165) is 40.7 Å². The molecule has 4 aromatic rings. The van der Waals surface area contributed by atoms with E-state index in [4.69, 9.17) is 4.42 Å². The molecule has 0 radical (unpaired) electrons. The van der Waals surface area contributed by atoms with Gasteiger partial charge in [-0.2, -0.15) is 0 Å². The molecule has 2 aromatic carbocycles. The van der Waals surface area contributed by atoms with Gasteiger partial charge in [-0.3, -0.25) is 0 Å². The zero-order chi connectivity index (χ0) is 20.8. The zero-order valence-corrected chi connectivity index (χ0v) is 16.8. The van der Waals surface area contributed by atoms with E-state index in [1.807, 2.05) is 49.5 Å². The fraction of sp³-hybridized carbons (Fsp3) is 0.217. The van der Waals surface area contributed by atoms with Crippen molar-refractivity contribution in [3.63, 3.8) is 0 Å². The third-order valence-corrected chi connectivity index (χ3v) is 4.73. The standard InChI is InChI=1S/C23H24FN5O/c1-2-25-23(26-11-10-17-13-27-21-12-18(24)8-9-20(17)21)28-14-19-15-30-22(29-19)16-6-4-3-5-7-16/h3-9,12-13,15,27H,2,10-11,14H2,1H3,(H2,25,26,28). The smallest absolute Gasteiger partial charge is 0.226 e. The van der Waals surface area contributed by atoms with Crippen molar-refractivity contribution in [3.8, 4) is 11.5 Å². The van der Waals surface area contributed by atoms with Gasteiger partial charge in [0.15, 0.2) is 5.96 Å². The van der Waals surface area contributed by atoms with Crippen molar-refractivity contribution in [1.82, 2.24) is 20.6 Å². The molecule has 3 N–H and O–H groups in total. The van der Waals surface area contributed by atoms with Crippen molar-refractivity contribution in [2.24, 2.45) is 4.99 Å². The summed E-state index contributed by atoms with van der Waals surface area (Å²) in [5, 5.41) is 7.61. The second kappa shape index (κ2) is 9.26. The van der Waals surface area contributed by atoms with Crippen LogP contribution in [0.4, 0.5) is 4.39 Å². The van der Waals surface area contributed by atoms with Crippen molar-refractivity contribution in [3.05, 3.63) is 78.1 Å². The van der Waals surface area contributed by atoms with E-state index in [9.17, 15) is 4.39 Å². The summed E-state index contributed by atoms with van der Waals surface area (Å²) < 4.78 is 18.9. The summed E-state index contributed by atoms with van der Waals surface area (Å²) in [5.41, 5.74) is 3.66. The largest absolute Gasteiger partial charge is 0.444 e. The molecule has 4 rings (SSSR count). The van der Waals surface area contributed by atoms with Crippen LogP contribution in [-0.2, 0) is 13.0 Å². The summed E-state index contributed by atoms with van der Waals surface area (Å²) in [6.07, 6.45) is 4.36. The number of H-pyrrole nitrogens is 1. The van der Waals surface area contributed by atoms with Crippen LogP contribution in [0.15, 0.2) is 70.4 Å². The number of rotatable bonds is 7. The van der Waals surface area contributed by atoms with Crippen LogP contribution in [0.1, 0.15) is 18.2 Å². The number of aliphatic imine (C=N–C) groups is 1. The molecule has 6 nitrogen and oxygen atoms in total. The maximum absolute atomic E-state index is 13.3. The van der Waals surface area contributed by atoms with Crippen LogP contribution in [0.3, 0.4) is 0 Å². The van der Waals surface area contributed by atoms with Crippen LogP contribution in [0.2, 0.25) is 0 Å². The number of hydrogen-bond acceptors (Lipinski definition) is 3. The number of guanidine groups is 1. The molecule has 7 heteroatoms. The second-order valence-electron chi connectivity index (χ2n) is 6.89. The Balaban J connectivity index is 1.36. The lowest BCUT2D eigenvalue weighted by Crippen LogP contribution is -2.38. The van der Waals surface area contributed by atoms with Crippen LogP contribution in [0.5, 0.6) is 0 Å². The fourth-order valence-electron chi connectivity index (χ4n) is 3.28. The molecule has 2 heterocycles. The third-order valence-electron chi connectivity index (χ3n) is 4.73.